The Labute approximate surface area is 119 Å². The van der Waals surface area contributed by atoms with Crippen molar-refractivity contribution in [3.05, 3.63) is 12.7 Å². The van der Waals surface area contributed by atoms with Crippen LogP contribution in [0.3, 0.4) is 0 Å². The Hall–Kier alpha value is -1.21. The van der Waals surface area contributed by atoms with Crippen LogP contribution in [0, 0.1) is 5.92 Å². The summed E-state index contributed by atoms with van der Waals surface area (Å²) < 4.78 is 0.814. The molecule has 102 valence electrons. The highest BCUT2D eigenvalue weighted by atomic mass is 32.2. The fourth-order valence-corrected chi connectivity index (χ4v) is 3.37. The van der Waals surface area contributed by atoms with E-state index in [1.54, 1.807) is 6.08 Å². The smallest absolute Gasteiger partial charge is 0.229 e. The van der Waals surface area contributed by atoms with Crippen LogP contribution in [0.4, 0.5) is 5.13 Å². The van der Waals surface area contributed by atoms with E-state index in [0.29, 0.717) is 30.8 Å². The van der Waals surface area contributed by atoms with Gasteiger partial charge in [-0.15, -0.1) is 16.8 Å². The number of Topliss-reactive ketones (excluding diaryl/α,β-unsaturated/α-hetero) is 1. The number of amides is 1. The quantitative estimate of drug-likeness (QED) is 0.513. The van der Waals surface area contributed by atoms with Crippen LogP contribution >= 0.6 is 23.1 Å². The summed E-state index contributed by atoms with van der Waals surface area (Å²) in [6.07, 6.45) is 4.09. The van der Waals surface area contributed by atoms with Crippen molar-refractivity contribution >= 4 is 39.9 Å². The Morgan fingerprint density at radius 3 is 2.89 bits per heavy atom. The second-order valence-electron chi connectivity index (χ2n) is 4.28. The van der Waals surface area contributed by atoms with Crippen molar-refractivity contribution in [2.45, 2.75) is 30.0 Å². The largest absolute Gasteiger partial charge is 0.300 e. The van der Waals surface area contributed by atoms with Gasteiger partial charge in [-0.3, -0.25) is 9.59 Å². The maximum absolute atomic E-state index is 12.0. The summed E-state index contributed by atoms with van der Waals surface area (Å²) in [4.78, 5) is 23.1. The number of nitrogens with zero attached hydrogens (tertiary/aromatic N) is 2. The summed E-state index contributed by atoms with van der Waals surface area (Å²) in [5, 5.41) is 11.2. The Kier molecular flexibility index (Phi) is 5.09. The topological polar surface area (TPSA) is 72.0 Å². The second-order valence-corrected chi connectivity index (χ2v) is 6.52. The molecule has 1 fully saturated rings. The molecule has 1 saturated carbocycles. The second kappa shape index (κ2) is 6.81. The van der Waals surface area contributed by atoms with Crippen molar-refractivity contribution in [1.29, 1.82) is 0 Å². The molecule has 2 rings (SSSR count). The summed E-state index contributed by atoms with van der Waals surface area (Å²) in [7, 11) is 0. The molecule has 0 radical (unpaired) electrons. The first-order valence-electron chi connectivity index (χ1n) is 6.09. The Balaban J connectivity index is 1.86. The molecule has 0 atom stereocenters. The molecule has 0 aliphatic heterocycles. The van der Waals surface area contributed by atoms with Crippen molar-refractivity contribution in [3.8, 4) is 0 Å². The number of anilines is 1. The van der Waals surface area contributed by atoms with Gasteiger partial charge < -0.3 is 5.32 Å². The average Bonchev–Trinajstić information content (AvgIpc) is 2.84. The zero-order valence-corrected chi connectivity index (χ0v) is 12.1. The molecular formula is C12H15N3O2S2. The highest BCUT2D eigenvalue weighted by molar-refractivity contribution is 8.01. The summed E-state index contributed by atoms with van der Waals surface area (Å²) in [6, 6.07) is 0. The van der Waals surface area contributed by atoms with Crippen LogP contribution in [0.5, 0.6) is 0 Å². The maximum atomic E-state index is 12.0. The summed E-state index contributed by atoms with van der Waals surface area (Å²) >= 11 is 2.89. The monoisotopic (exact) mass is 297 g/mol. The van der Waals surface area contributed by atoms with Gasteiger partial charge in [0.2, 0.25) is 11.0 Å². The number of ketones is 1. The number of nitrogens with one attached hydrogen (secondary N) is 1. The lowest BCUT2D eigenvalue weighted by Crippen LogP contribution is -2.27. The first-order valence-corrected chi connectivity index (χ1v) is 7.89. The van der Waals surface area contributed by atoms with Crippen molar-refractivity contribution < 1.29 is 9.59 Å². The summed E-state index contributed by atoms with van der Waals surface area (Å²) in [5.74, 6) is 0.894. The normalized spacial score (nSPS) is 16.3. The number of hydrogen-bond acceptors (Lipinski definition) is 6. The van der Waals surface area contributed by atoms with Gasteiger partial charge in [-0.05, 0) is 12.8 Å². The maximum Gasteiger partial charge on any atom is 0.229 e. The highest BCUT2D eigenvalue weighted by Gasteiger charge is 2.25. The zero-order valence-electron chi connectivity index (χ0n) is 10.4. The average molecular weight is 297 g/mol. The number of aromatic nitrogens is 2. The Bertz CT molecular complexity index is 477. The van der Waals surface area contributed by atoms with E-state index in [4.69, 9.17) is 0 Å². The fraction of sp³-hybridized carbons (Fsp3) is 0.500. The van der Waals surface area contributed by atoms with Crippen molar-refractivity contribution in [2.24, 2.45) is 5.92 Å². The van der Waals surface area contributed by atoms with E-state index in [1.165, 1.54) is 23.1 Å². The minimum Gasteiger partial charge on any atom is -0.300 e. The van der Waals surface area contributed by atoms with Gasteiger partial charge in [-0.1, -0.05) is 29.2 Å². The van der Waals surface area contributed by atoms with Crippen molar-refractivity contribution in [3.63, 3.8) is 0 Å². The molecule has 1 amide bonds. The minimum absolute atomic E-state index is 0.0519. The molecule has 1 aliphatic rings. The number of carbonyl (C=O) groups excluding carboxylic acids is 2. The molecule has 7 heteroatoms. The van der Waals surface area contributed by atoms with E-state index >= 15 is 0 Å². The number of carbonyl (C=O) groups is 2. The van der Waals surface area contributed by atoms with Crippen LogP contribution in [0.15, 0.2) is 17.0 Å². The molecule has 19 heavy (non-hydrogen) atoms. The van der Waals surface area contributed by atoms with Crippen LogP contribution < -0.4 is 5.32 Å². The first kappa shape index (κ1) is 14.2. The van der Waals surface area contributed by atoms with E-state index in [1.807, 2.05) is 0 Å². The number of hydrogen-bond donors (Lipinski definition) is 1. The molecule has 1 heterocycles. The Morgan fingerprint density at radius 2 is 2.21 bits per heavy atom. The van der Waals surface area contributed by atoms with Crippen LogP contribution in [0.2, 0.25) is 0 Å². The Morgan fingerprint density at radius 1 is 1.47 bits per heavy atom. The van der Waals surface area contributed by atoms with Gasteiger partial charge in [-0.25, -0.2) is 0 Å². The predicted molar refractivity (Wildman–Crippen MR) is 76.4 cm³/mol. The van der Waals surface area contributed by atoms with E-state index in [0.717, 1.165) is 10.1 Å². The molecular weight excluding hydrogens is 282 g/mol. The molecule has 1 aromatic heterocycles. The van der Waals surface area contributed by atoms with Gasteiger partial charge in [0.05, 0.1) is 0 Å². The summed E-state index contributed by atoms with van der Waals surface area (Å²) in [5.41, 5.74) is 0. The van der Waals surface area contributed by atoms with E-state index in [2.05, 4.69) is 22.1 Å². The van der Waals surface area contributed by atoms with E-state index < -0.39 is 0 Å². The van der Waals surface area contributed by atoms with Crippen molar-refractivity contribution in [1.82, 2.24) is 10.2 Å². The SMILES string of the molecule is C=CCSc1nnc(NC(=O)C2CCC(=O)CC2)s1. The van der Waals surface area contributed by atoms with Crippen LogP contribution in [0.1, 0.15) is 25.7 Å². The van der Waals surface area contributed by atoms with Crippen molar-refractivity contribution in [2.75, 3.05) is 11.1 Å². The third kappa shape index (κ3) is 4.14. The van der Waals surface area contributed by atoms with Gasteiger partial charge in [0, 0.05) is 24.5 Å². The van der Waals surface area contributed by atoms with Crippen LogP contribution in [0.25, 0.3) is 0 Å². The number of thioether (sulfide) groups is 1. The lowest BCUT2D eigenvalue weighted by Gasteiger charge is -2.19. The van der Waals surface area contributed by atoms with Gasteiger partial charge >= 0.3 is 0 Å². The third-order valence-corrected chi connectivity index (χ3v) is 4.84. The minimum atomic E-state index is -0.0779. The first-order chi connectivity index (χ1) is 9.19. The molecule has 0 bridgehead atoms. The molecule has 1 aliphatic carbocycles. The molecule has 0 unspecified atom stereocenters. The number of rotatable bonds is 5. The molecule has 0 spiro atoms. The lowest BCUT2D eigenvalue weighted by molar-refractivity contribution is -0.125. The molecule has 1 N–H and O–H groups in total. The highest BCUT2D eigenvalue weighted by Crippen LogP contribution is 2.27. The van der Waals surface area contributed by atoms with E-state index in [9.17, 15) is 9.59 Å². The predicted octanol–water partition coefficient (Wildman–Crippen LogP) is 2.51. The summed E-state index contributed by atoms with van der Waals surface area (Å²) in [6.45, 7) is 3.64. The molecule has 0 aromatic carbocycles. The fourth-order valence-electron chi connectivity index (χ4n) is 1.86. The van der Waals surface area contributed by atoms with E-state index in [-0.39, 0.29) is 17.6 Å². The van der Waals surface area contributed by atoms with Crippen LogP contribution in [-0.4, -0.2) is 27.6 Å². The van der Waals surface area contributed by atoms with Gasteiger partial charge in [0.25, 0.3) is 0 Å². The van der Waals surface area contributed by atoms with Gasteiger partial charge in [0.1, 0.15) is 5.78 Å². The molecule has 5 nitrogen and oxygen atoms in total. The molecule has 0 saturated heterocycles. The zero-order chi connectivity index (χ0) is 13.7. The van der Waals surface area contributed by atoms with Gasteiger partial charge in [0.15, 0.2) is 4.34 Å². The standard InChI is InChI=1S/C12H15N3O2S2/c1-2-7-18-12-15-14-11(19-12)13-10(17)8-3-5-9(16)6-4-8/h2,8H,1,3-7H2,(H,13,14,17). The lowest BCUT2D eigenvalue weighted by atomic mass is 9.88. The third-order valence-electron chi connectivity index (χ3n) is 2.88. The van der Waals surface area contributed by atoms with Gasteiger partial charge in [-0.2, -0.15) is 0 Å². The molecule has 1 aromatic rings. The van der Waals surface area contributed by atoms with Crippen LogP contribution in [-0.2, 0) is 9.59 Å².